The van der Waals surface area contributed by atoms with Gasteiger partial charge in [-0.2, -0.15) is 0 Å². The number of benzene rings is 1. The molecule has 96 valence electrons. The normalized spacial score (nSPS) is 14.6. The Labute approximate surface area is 107 Å². The third kappa shape index (κ3) is 3.66. The van der Waals surface area contributed by atoms with E-state index in [1.54, 1.807) is 12.1 Å². The summed E-state index contributed by atoms with van der Waals surface area (Å²) in [6, 6.07) is 4.80. The molecule has 0 radical (unpaired) electrons. The monoisotopic (exact) mass is 259 g/mol. The lowest BCUT2D eigenvalue weighted by Crippen LogP contribution is -2.26. The average molecular weight is 260 g/mol. The van der Waals surface area contributed by atoms with Gasteiger partial charge in [0.15, 0.2) is 0 Å². The van der Waals surface area contributed by atoms with Gasteiger partial charge in [-0.15, -0.1) is 0 Å². The van der Waals surface area contributed by atoms with Crippen LogP contribution in [0.3, 0.4) is 0 Å². The molecule has 0 fully saturated rings. The molecular weight excluding hydrogens is 241 g/mol. The van der Waals surface area contributed by atoms with Crippen molar-refractivity contribution in [1.82, 2.24) is 0 Å². The first-order chi connectivity index (χ1) is 8.11. The standard InChI is InChI=1S/C13H19ClFNO/c1-2-3-7-12(17)10(8-16)9-5-4-6-11(14)13(9)15/h4-6,10,12,17H,2-3,7-8,16H2,1H3. The molecule has 0 saturated heterocycles. The maximum atomic E-state index is 13.8. The first-order valence-corrected chi connectivity index (χ1v) is 6.31. The van der Waals surface area contributed by atoms with Gasteiger partial charge in [0, 0.05) is 12.5 Å². The molecule has 17 heavy (non-hydrogen) atoms. The number of rotatable bonds is 6. The largest absolute Gasteiger partial charge is 0.392 e. The quantitative estimate of drug-likeness (QED) is 0.825. The number of hydrogen-bond donors (Lipinski definition) is 2. The number of aliphatic hydroxyl groups is 1. The Balaban J connectivity index is 2.89. The lowest BCUT2D eigenvalue weighted by Gasteiger charge is -2.22. The van der Waals surface area contributed by atoms with Crippen LogP contribution in [0.15, 0.2) is 18.2 Å². The summed E-state index contributed by atoms with van der Waals surface area (Å²) in [7, 11) is 0. The molecule has 0 amide bonds. The van der Waals surface area contributed by atoms with Crippen molar-refractivity contribution in [2.75, 3.05) is 6.54 Å². The molecule has 0 heterocycles. The van der Waals surface area contributed by atoms with Crippen molar-refractivity contribution < 1.29 is 9.50 Å². The molecule has 0 spiro atoms. The predicted molar refractivity (Wildman–Crippen MR) is 68.7 cm³/mol. The Morgan fingerprint density at radius 1 is 1.47 bits per heavy atom. The topological polar surface area (TPSA) is 46.2 Å². The van der Waals surface area contributed by atoms with E-state index in [9.17, 15) is 9.50 Å². The summed E-state index contributed by atoms with van der Waals surface area (Å²) in [5.41, 5.74) is 6.03. The lowest BCUT2D eigenvalue weighted by atomic mass is 9.90. The van der Waals surface area contributed by atoms with E-state index < -0.39 is 11.9 Å². The van der Waals surface area contributed by atoms with Gasteiger partial charge in [0.25, 0.3) is 0 Å². The first-order valence-electron chi connectivity index (χ1n) is 5.93. The van der Waals surface area contributed by atoms with E-state index in [2.05, 4.69) is 0 Å². The van der Waals surface area contributed by atoms with Crippen molar-refractivity contribution in [3.63, 3.8) is 0 Å². The van der Waals surface area contributed by atoms with E-state index in [1.807, 2.05) is 6.92 Å². The smallest absolute Gasteiger partial charge is 0.145 e. The van der Waals surface area contributed by atoms with E-state index in [1.165, 1.54) is 6.07 Å². The summed E-state index contributed by atoms with van der Waals surface area (Å²) in [6.45, 7) is 2.26. The van der Waals surface area contributed by atoms with E-state index in [4.69, 9.17) is 17.3 Å². The van der Waals surface area contributed by atoms with Crippen molar-refractivity contribution in [3.8, 4) is 0 Å². The van der Waals surface area contributed by atoms with Gasteiger partial charge in [0.05, 0.1) is 11.1 Å². The summed E-state index contributed by atoms with van der Waals surface area (Å²) < 4.78 is 13.8. The van der Waals surface area contributed by atoms with Crippen LogP contribution in [0.25, 0.3) is 0 Å². The zero-order valence-electron chi connectivity index (χ0n) is 10.00. The van der Waals surface area contributed by atoms with Crippen LogP contribution < -0.4 is 5.73 Å². The molecule has 1 aromatic rings. The zero-order valence-corrected chi connectivity index (χ0v) is 10.8. The van der Waals surface area contributed by atoms with Crippen molar-refractivity contribution in [2.45, 2.75) is 38.2 Å². The summed E-state index contributed by atoms with van der Waals surface area (Å²) in [4.78, 5) is 0. The summed E-state index contributed by atoms with van der Waals surface area (Å²) in [5.74, 6) is -0.861. The first kappa shape index (κ1) is 14.4. The molecule has 3 N–H and O–H groups in total. The Morgan fingerprint density at radius 3 is 2.76 bits per heavy atom. The van der Waals surface area contributed by atoms with Crippen LogP contribution in [0.1, 0.15) is 37.7 Å². The predicted octanol–water partition coefficient (Wildman–Crippen LogP) is 3.07. The zero-order chi connectivity index (χ0) is 12.8. The maximum Gasteiger partial charge on any atom is 0.145 e. The molecule has 0 aromatic heterocycles. The van der Waals surface area contributed by atoms with Crippen LogP contribution >= 0.6 is 11.6 Å². The van der Waals surface area contributed by atoms with E-state index in [0.29, 0.717) is 12.0 Å². The number of hydrogen-bond acceptors (Lipinski definition) is 2. The second-order valence-corrected chi connectivity index (χ2v) is 4.60. The maximum absolute atomic E-state index is 13.8. The van der Waals surface area contributed by atoms with Crippen LogP contribution in [0, 0.1) is 5.82 Å². The highest BCUT2D eigenvalue weighted by molar-refractivity contribution is 6.30. The minimum absolute atomic E-state index is 0.0728. The van der Waals surface area contributed by atoms with Crippen LogP contribution in [-0.4, -0.2) is 17.8 Å². The molecule has 0 saturated carbocycles. The molecule has 0 aliphatic rings. The van der Waals surface area contributed by atoms with Crippen molar-refractivity contribution in [2.24, 2.45) is 5.73 Å². The molecule has 2 atom stereocenters. The molecule has 2 unspecified atom stereocenters. The van der Waals surface area contributed by atoms with Crippen molar-refractivity contribution in [3.05, 3.63) is 34.6 Å². The minimum atomic E-state index is -0.618. The Hall–Kier alpha value is -0.640. The number of unbranched alkanes of at least 4 members (excludes halogenated alkanes) is 1. The van der Waals surface area contributed by atoms with Crippen LogP contribution in [0.5, 0.6) is 0 Å². The highest BCUT2D eigenvalue weighted by Gasteiger charge is 2.23. The molecule has 4 heteroatoms. The molecule has 1 rings (SSSR count). The second kappa shape index (κ2) is 6.94. The van der Waals surface area contributed by atoms with Gasteiger partial charge in [-0.05, 0) is 18.1 Å². The van der Waals surface area contributed by atoms with Gasteiger partial charge < -0.3 is 10.8 Å². The van der Waals surface area contributed by atoms with E-state index in [-0.39, 0.29) is 17.5 Å². The van der Waals surface area contributed by atoms with E-state index in [0.717, 1.165) is 12.8 Å². The van der Waals surface area contributed by atoms with Crippen molar-refractivity contribution in [1.29, 1.82) is 0 Å². The Bertz CT molecular complexity index is 359. The van der Waals surface area contributed by atoms with Gasteiger partial charge in [-0.1, -0.05) is 43.5 Å². The lowest BCUT2D eigenvalue weighted by molar-refractivity contribution is 0.131. The molecular formula is C13H19ClFNO. The summed E-state index contributed by atoms with van der Waals surface area (Å²) in [6.07, 6.45) is 1.91. The van der Waals surface area contributed by atoms with Gasteiger partial charge >= 0.3 is 0 Å². The van der Waals surface area contributed by atoms with Crippen LogP contribution in [0.2, 0.25) is 5.02 Å². The van der Waals surface area contributed by atoms with Gasteiger partial charge in [-0.3, -0.25) is 0 Å². The molecule has 2 nitrogen and oxygen atoms in total. The van der Waals surface area contributed by atoms with E-state index >= 15 is 0 Å². The average Bonchev–Trinajstić information content (AvgIpc) is 2.32. The number of halogens is 2. The SMILES string of the molecule is CCCCC(O)C(CN)c1cccc(Cl)c1F. The molecule has 0 bridgehead atoms. The third-order valence-corrected chi connectivity index (χ3v) is 3.24. The minimum Gasteiger partial charge on any atom is -0.392 e. The fourth-order valence-electron chi connectivity index (χ4n) is 1.91. The highest BCUT2D eigenvalue weighted by atomic mass is 35.5. The number of nitrogens with two attached hydrogens (primary N) is 1. The van der Waals surface area contributed by atoms with Gasteiger partial charge in [0.2, 0.25) is 0 Å². The second-order valence-electron chi connectivity index (χ2n) is 4.19. The molecule has 0 aliphatic carbocycles. The number of aliphatic hydroxyl groups excluding tert-OH is 1. The van der Waals surface area contributed by atoms with Crippen LogP contribution in [0.4, 0.5) is 4.39 Å². The fraction of sp³-hybridized carbons (Fsp3) is 0.538. The summed E-state index contributed by atoms with van der Waals surface area (Å²) >= 11 is 5.73. The highest BCUT2D eigenvalue weighted by Crippen LogP contribution is 2.28. The molecule has 0 aliphatic heterocycles. The van der Waals surface area contributed by atoms with Crippen molar-refractivity contribution >= 4 is 11.6 Å². The molecule has 1 aromatic carbocycles. The Morgan fingerprint density at radius 2 is 2.18 bits per heavy atom. The Kier molecular flexibility index (Phi) is 5.89. The van der Waals surface area contributed by atoms with Gasteiger partial charge in [0.1, 0.15) is 5.82 Å². The summed E-state index contributed by atoms with van der Waals surface area (Å²) in [5, 5.41) is 10.1. The van der Waals surface area contributed by atoms with Gasteiger partial charge in [-0.25, -0.2) is 4.39 Å². The fourth-order valence-corrected chi connectivity index (χ4v) is 2.09. The van der Waals surface area contributed by atoms with Crippen LogP contribution in [-0.2, 0) is 0 Å². The third-order valence-electron chi connectivity index (χ3n) is 2.95.